The molecule has 4 rings (SSSR count). The molecule has 0 bridgehead atoms. The molecule has 11 heteroatoms. The molecule has 0 atom stereocenters. The number of benzene rings is 1. The van der Waals surface area contributed by atoms with Gasteiger partial charge in [-0.1, -0.05) is 36.9 Å². The van der Waals surface area contributed by atoms with E-state index in [0.29, 0.717) is 28.1 Å². The summed E-state index contributed by atoms with van der Waals surface area (Å²) in [6.45, 7) is 2.05. The number of H-pyrrole nitrogens is 1. The van der Waals surface area contributed by atoms with Crippen LogP contribution in [0.4, 0.5) is 19.0 Å². The zero-order valence-corrected chi connectivity index (χ0v) is 16.4. The van der Waals surface area contributed by atoms with Crippen molar-refractivity contribution in [2.75, 3.05) is 11.9 Å². The third kappa shape index (κ3) is 4.72. The van der Waals surface area contributed by atoms with Crippen molar-refractivity contribution in [1.29, 1.82) is 0 Å². The predicted molar refractivity (Wildman–Crippen MR) is 112 cm³/mol. The Morgan fingerprint density at radius 2 is 1.94 bits per heavy atom. The van der Waals surface area contributed by atoms with Crippen LogP contribution >= 0.6 is 0 Å². The summed E-state index contributed by atoms with van der Waals surface area (Å²) < 4.78 is 37.2. The van der Waals surface area contributed by atoms with Gasteiger partial charge >= 0.3 is 6.18 Å². The lowest BCUT2D eigenvalue weighted by atomic mass is 10.1. The van der Waals surface area contributed by atoms with Gasteiger partial charge < -0.3 is 15.6 Å². The van der Waals surface area contributed by atoms with Crippen molar-refractivity contribution in [3.05, 3.63) is 67.4 Å². The number of halogens is 3. The highest BCUT2D eigenvalue weighted by molar-refractivity contribution is 5.96. The Morgan fingerprint density at radius 3 is 2.69 bits per heavy atom. The summed E-state index contributed by atoms with van der Waals surface area (Å²) >= 11 is 0. The molecule has 1 aromatic carbocycles. The summed E-state index contributed by atoms with van der Waals surface area (Å²) in [4.78, 5) is 32.2. The lowest BCUT2D eigenvalue weighted by Crippen LogP contribution is -2.35. The summed E-state index contributed by atoms with van der Waals surface area (Å²) in [5.74, 6) is -0.505. The second-order valence-electron chi connectivity index (χ2n) is 6.72. The van der Waals surface area contributed by atoms with E-state index in [4.69, 9.17) is 0 Å². The van der Waals surface area contributed by atoms with Gasteiger partial charge in [0.15, 0.2) is 5.82 Å². The Morgan fingerprint density at radius 1 is 1.16 bits per heavy atom. The number of aromatic amines is 1. The second-order valence-corrected chi connectivity index (χ2v) is 6.72. The quantitative estimate of drug-likeness (QED) is 0.396. The number of nitrogens with one attached hydrogen (secondary N) is 3. The van der Waals surface area contributed by atoms with E-state index in [1.54, 1.807) is 23.8 Å². The number of fused-ring (bicyclic) bond motifs is 1. The molecule has 0 saturated heterocycles. The number of hydrogen-bond donors (Lipinski definition) is 3. The number of anilines is 1. The topological polar surface area (TPSA) is 108 Å². The number of carbonyl (C=O) groups is 1. The van der Waals surface area contributed by atoms with Crippen LogP contribution in [0.25, 0.3) is 33.7 Å². The molecule has 3 N–H and O–H groups in total. The SMILES string of the molecule is C=C(Nc1cc(-c2ccccc2)nc(-c2c[nH]c3ncncc23)n1)C(=O)NCC(F)(F)F. The molecule has 4 aromatic rings. The van der Waals surface area contributed by atoms with Gasteiger partial charge in [0.2, 0.25) is 0 Å². The highest BCUT2D eigenvalue weighted by atomic mass is 19.4. The van der Waals surface area contributed by atoms with E-state index in [1.807, 2.05) is 30.3 Å². The fraction of sp³-hybridized carbons (Fsp3) is 0.0952. The fourth-order valence-electron chi connectivity index (χ4n) is 2.93. The molecule has 3 heterocycles. The van der Waals surface area contributed by atoms with E-state index < -0.39 is 18.6 Å². The largest absolute Gasteiger partial charge is 0.405 e. The highest BCUT2D eigenvalue weighted by Crippen LogP contribution is 2.28. The Labute approximate surface area is 179 Å². The normalized spacial score (nSPS) is 11.3. The van der Waals surface area contributed by atoms with E-state index in [0.717, 1.165) is 5.56 Å². The number of nitrogens with zero attached hydrogens (tertiary/aromatic N) is 4. The van der Waals surface area contributed by atoms with Crippen molar-refractivity contribution >= 4 is 22.8 Å². The maximum Gasteiger partial charge on any atom is 0.405 e. The number of amides is 1. The zero-order chi connectivity index (χ0) is 22.7. The average Bonchev–Trinajstić information content (AvgIpc) is 3.21. The van der Waals surface area contributed by atoms with E-state index in [1.165, 1.54) is 6.33 Å². The Kier molecular flexibility index (Phi) is 5.54. The van der Waals surface area contributed by atoms with Crippen LogP contribution in [-0.4, -0.2) is 43.5 Å². The minimum Gasteiger partial charge on any atom is -0.345 e. The second kappa shape index (κ2) is 8.46. The summed E-state index contributed by atoms with van der Waals surface area (Å²) in [5.41, 5.74) is 2.23. The van der Waals surface area contributed by atoms with Crippen molar-refractivity contribution < 1.29 is 18.0 Å². The van der Waals surface area contributed by atoms with Crippen LogP contribution in [0, 0.1) is 0 Å². The molecule has 0 aliphatic carbocycles. The molecular weight excluding hydrogens is 423 g/mol. The molecule has 8 nitrogen and oxygen atoms in total. The van der Waals surface area contributed by atoms with Crippen LogP contribution in [0.1, 0.15) is 0 Å². The molecule has 3 aromatic heterocycles. The lowest BCUT2D eigenvalue weighted by molar-refractivity contribution is -0.136. The number of hydrogen-bond acceptors (Lipinski definition) is 6. The van der Waals surface area contributed by atoms with Crippen LogP contribution in [0.5, 0.6) is 0 Å². The minimum atomic E-state index is -4.53. The van der Waals surface area contributed by atoms with Crippen molar-refractivity contribution in [1.82, 2.24) is 30.2 Å². The molecule has 0 fully saturated rings. The number of rotatable bonds is 6. The maximum absolute atomic E-state index is 12.4. The van der Waals surface area contributed by atoms with Crippen LogP contribution in [-0.2, 0) is 4.79 Å². The molecule has 0 aliphatic rings. The van der Waals surface area contributed by atoms with E-state index in [-0.39, 0.29) is 11.5 Å². The van der Waals surface area contributed by atoms with E-state index in [2.05, 4.69) is 36.8 Å². The zero-order valence-electron chi connectivity index (χ0n) is 16.4. The standard InChI is InChI=1S/C21H16F3N7O/c1-12(20(32)27-10-21(22,23)24)29-17-7-16(13-5-3-2-4-6-13)30-19(31-17)15-9-26-18-14(15)8-25-11-28-18/h2-9,11H,1,10H2,(H,27,32)(H,25,26,28)(H,29,30,31). The molecule has 32 heavy (non-hydrogen) atoms. The molecule has 0 radical (unpaired) electrons. The fourth-order valence-corrected chi connectivity index (χ4v) is 2.93. The first-order valence-electron chi connectivity index (χ1n) is 9.33. The van der Waals surface area contributed by atoms with Gasteiger partial charge in [-0.15, -0.1) is 0 Å². The average molecular weight is 439 g/mol. The summed E-state index contributed by atoms with van der Waals surface area (Å²) in [5, 5.41) is 5.12. The Bertz CT molecular complexity index is 1290. The molecule has 1 amide bonds. The van der Waals surface area contributed by atoms with Crippen LogP contribution < -0.4 is 10.6 Å². The van der Waals surface area contributed by atoms with Gasteiger partial charge in [-0.05, 0) is 0 Å². The third-order valence-electron chi connectivity index (χ3n) is 4.39. The van der Waals surface area contributed by atoms with Gasteiger partial charge in [0.05, 0.1) is 11.4 Å². The van der Waals surface area contributed by atoms with E-state index >= 15 is 0 Å². The number of aromatic nitrogens is 5. The smallest absolute Gasteiger partial charge is 0.345 e. The molecular formula is C21H16F3N7O. The van der Waals surface area contributed by atoms with Gasteiger partial charge in [-0.2, -0.15) is 13.2 Å². The first kappa shape index (κ1) is 21.0. The Balaban J connectivity index is 1.70. The summed E-state index contributed by atoms with van der Waals surface area (Å²) in [6.07, 6.45) is 0.164. The van der Waals surface area contributed by atoms with Crippen molar-refractivity contribution in [2.45, 2.75) is 6.18 Å². The number of alkyl halides is 3. The molecule has 0 aliphatic heterocycles. The first-order valence-corrected chi connectivity index (χ1v) is 9.33. The van der Waals surface area contributed by atoms with Gasteiger partial charge in [-0.25, -0.2) is 19.9 Å². The first-order chi connectivity index (χ1) is 15.3. The lowest BCUT2D eigenvalue weighted by Gasteiger charge is -2.13. The van der Waals surface area contributed by atoms with Crippen LogP contribution in [0.3, 0.4) is 0 Å². The monoisotopic (exact) mass is 439 g/mol. The van der Waals surface area contributed by atoms with Crippen LogP contribution in [0.15, 0.2) is 67.4 Å². The summed E-state index contributed by atoms with van der Waals surface area (Å²) in [6, 6.07) is 10.8. The number of carbonyl (C=O) groups excluding carboxylic acids is 1. The molecule has 0 unspecified atom stereocenters. The van der Waals surface area contributed by atoms with Gasteiger partial charge in [0, 0.05) is 35.0 Å². The molecule has 162 valence electrons. The van der Waals surface area contributed by atoms with Gasteiger partial charge in [0.25, 0.3) is 5.91 Å². The predicted octanol–water partition coefficient (Wildman–Crippen LogP) is 3.69. The van der Waals surface area contributed by atoms with Crippen molar-refractivity contribution in [3.63, 3.8) is 0 Å². The van der Waals surface area contributed by atoms with E-state index in [9.17, 15) is 18.0 Å². The van der Waals surface area contributed by atoms with Crippen molar-refractivity contribution in [2.24, 2.45) is 0 Å². The summed E-state index contributed by atoms with van der Waals surface area (Å²) in [7, 11) is 0. The molecule has 0 saturated carbocycles. The highest BCUT2D eigenvalue weighted by Gasteiger charge is 2.28. The van der Waals surface area contributed by atoms with Gasteiger partial charge in [0.1, 0.15) is 24.3 Å². The van der Waals surface area contributed by atoms with Gasteiger partial charge in [-0.3, -0.25) is 4.79 Å². The van der Waals surface area contributed by atoms with Crippen molar-refractivity contribution in [3.8, 4) is 22.6 Å². The Hall–Kier alpha value is -4.28. The minimum absolute atomic E-state index is 0.187. The third-order valence-corrected chi connectivity index (χ3v) is 4.39. The van der Waals surface area contributed by atoms with Crippen LogP contribution in [0.2, 0.25) is 0 Å². The molecule has 0 spiro atoms. The maximum atomic E-state index is 12.4.